The van der Waals surface area contributed by atoms with Crippen molar-refractivity contribution in [3.8, 4) is 23.0 Å². The molecule has 2 aliphatic rings. The molecule has 9 aromatic carbocycles. The summed E-state index contributed by atoms with van der Waals surface area (Å²) in [6, 6.07) is 67.3. The van der Waals surface area contributed by atoms with E-state index in [1.165, 1.54) is 24.3 Å². The van der Waals surface area contributed by atoms with Crippen LogP contribution in [-0.2, 0) is 11.1 Å². The Kier molecular flexibility index (Phi) is 10.6. The summed E-state index contributed by atoms with van der Waals surface area (Å²) in [4.78, 5) is 59.3. The fraction of sp³-hybridized carbons (Fsp3) is 0.0333. The average molecular weight is 917 g/mol. The Morgan fingerprint density at radius 2 is 0.657 bits per heavy atom. The molecule has 0 saturated carbocycles. The molecule has 0 saturated heterocycles. The van der Waals surface area contributed by atoms with Crippen molar-refractivity contribution < 1.29 is 38.9 Å². The Labute approximate surface area is 402 Å². The number of hydrogen-bond acceptors (Lipinski definition) is 8. The predicted molar refractivity (Wildman–Crippen MR) is 265 cm³/mol. The van der Waals surface area contributed by atoms with Crippen molar-refractivity contribution in [3.63, 3.8) is 0 Å². The molecule has 2 unspecified atom stereocenters. The monoisotopic (exact) mass is 916 g/mol. The van der Waals surface area contributed by atoms with E-state index in [2.05, 4.69) is 0 Å². The molecule has 2 N–H and O–H groups in total. The van der Waals surface area contributed by atoms with Gasteiger partial charge in [0.2, 0.25) is 0 Å². The number of anilines is 2. The molecule has 10 nitrogen and oxygen atoms in total. The Morgan fingerprint density at radius 3 is 1.00 bits per heavy atom. The van der Waals surface area contributed by atoms with Gasteiger partial charge in [0.15, 0.2) is 0 Å². The van der Waals surface area contributed by atoms with E-state index < -0.39 is 23.0 Å². The maximum absolute atomic E-state index is 14.3. The van der Waals surface area contributed by atoms with Gasteiger partial charge in [-0.3, -0.25) is 19.4 Å². The van der Waals surface area contributed by atoms with Gasteiger partial charge in [0.1, 0.15) is 34.1 Å². The Bertz CT molecular complexity index is 3220. The third-order valence-electron chi connectivity index (χ3n) is 13.1. The van der Waals surface area contributed by atoms with E-state index in [1.54, 1.807) is 82.6 Å². The largest absolute Gasteiger partial charge is 0.508 e. The Morgan fingerprint density at radius 1 is 0.357 bits per heavy atom. The smallest absolute Gasteiger partial charge is 0.343 e. The van der Waals surface area contributed by atoms with Crippen LogP contribution >= 0.6 is 0 Å². The topological polar surface area (TPSA) is 134 Å². The molecule has 0 radical (unpaired) electrons. The number of aromatic hydroxyl groups is 2. The standard InChI is InChI=1S/C60H40N2O8/c63-47-31-23-41(24-32-47)59(53-17-9-7-15-51(53)55(65)61(59)45-11-3-1-4-12-45)43-27-35-49(36-28-43)69-57(67)39-19-21-40(22-20-39)58(68)70-50-37-29-44(30-38-50)60(42-25-33-48(64)34-26-42)54-18-10-8-16-52(54)56(66)62(60)46-13-5-2-6-14-46/h1-38,63-64H. The second-order valence-corrected chi connectivity index (χ2v) is 17.0. The lowest BCUT2D eigenvalue weighted by atomic mass is 9.76. The molecule has 9 aromatic rings. The summed E-state index contributed by atoms with van der Waals surface area (Å²) < 4.78 is 11.7. The molecular weight excluding hydrogens is 877 g/mol. The second-order valence-electron chi connectivity index (χ2n) is 17.0. The minimum Gasteiger partial charge on any atom is -0.508 e. The zero-order chi connectivity index (χ0) is 48.0. The molecule has 10 heteroatoms. The van der Waals surface area contributed by atoms with E-state index in [9.17, 15) is 29.4 Å². The minimum absolute atomic E-state index is 0.0872. The van der Waals surface area contributed by atoms with Crippen LogP contribution in [0, 0.1) is 0 Å². The number of nitrogens with zero attached hydrogens (tertiary/aromatic N) is 2. The molecule has 2 heterocycles. The number of para-hydroxylation sites is 2. The van der Waals surface area contributed by atoms with Crippen LogP contribution in [-0.4, -0.2) is 34.0 Å². The lowest BCUT2D eigenvalue weighted by Crippen LogP contribution is -2.46. The van der Waals surface area contributed by atoms with Crippen molar-refractivity contribution in [2.75, 3.05) is 9.80 Å². The first-order chi connectivity index (χ1) is 34.2. The molecule has 11 rings (SSSR count). The molecule has 338 valence electrons. The average Bonchev–Trinajstić information content (AvgIpc) is 3.83. The fourth-order valence-electron chi connectivity index (χ4n) is 10.0. The summed E-state index contributed by atoms with van der Waals surface area (Å²) in [5, 5.41) is 20.6. The number of phenols is 2. The summed E-state index contributed by atoms with van der Waals surface area (Å²) in [7, 11) is 0. The van der Waals surface area contributed by atoms with Crippen molar-refractivity contribution in [2.24, 2.45) is 0 Å². The number of phenolic OH excluding ortho intramolecular Hbond substituents is 2. The third-order valence-corrected chi connectivity index (χ3v) is 13.1. The van der Waals surface area contributed by atoms with Crippen molar-refractivity contribution >= 4 is 35.1 Å². The predicted octanol–water partition coefficient (Wildman–Crippen LogP) is 11.4. The summed E-state index contributed by atoms with van der Waals surface area (Å²) >= 11 is 0. The van der Waals surface area contributed by atoms with Crippen LogP contribution in [0.1, 0.15) is 74.8 Å². The zero-order valence-corrected chi connectivity index (χ0v) is 37.2. The highest BCUT2D eigenvalue weighted by Crippen LogP contribution is 2.53. The van der Waals surface area contributed by atoms with Crippen LogP contribution in [0.2, 0.25) is 0 Å². The summed E-state index contributed by atoms with van der Waals surface area (Å²) in [5.41, 5.74) is 5.02. The van der Waals surface area contributed by atoms with Crippen molar-refractivity contribution in [3.05, 3.63) is 286 Å². The number of carbonyl (C=O) groups excluding carboxylic acids is 4. The van der Waals surface area contributed by atoms with Crippen LogP contribution in [0.15, 0.2) is 231 Å². The molecular formula is C60H40N2O8. The Balaban J connectivity index is 0.838. The van der Waals surface area contributed by atoms with Gasteiger partial charge in [-0.25, -0.2) is 9.59 Å². The van der Waals surface area contributed by atoms with Gasteiger partial charge >= 0.3 is 11.9 Å². The highest BCUT2D eigenvalue weighted by atomic mass is 16.5. The molecule has 0 aromatic heterocycles. The van der Waals surface area contributed by atoms with Crippen LogP contribution in [0.4, 0.5) is 11.4 Å². The number of rotatable bonds is 10. The first-order valence-corrected chi connectivity index (χ1v) is 22.5. The number of hydrogen-bond donors (Lipinski definition) is 2. The molecule has 2 atom stereocenters. The highest BCUT2D eigenvalue weighted by molar-refractivity contribution is 6.15. The lowest BCUT2D eigenvalue weighted by Gasteiger charge is -2.40. The molecule has 0 bridgehead atoms. The van der Waals surface area contributed by atoms with Crippen LogP contribution in [0.3, 0.4) is 0 Å². The maximum Gasteiger partial charge on any atom is 0.343 e. The summed E-state index contributed by atoms with van der Waals surface area (Å²) in [5.74, 6) is -0.977. The van der Waals surface area contributed by atoms with Gasteiger partial charge in [0.05, 0.1) is 11.1 Å². The van der Waals surface area contributed by atoms with Gasteiger partial charge < -0.3 is 19.7 Å². The second kappa shape index (κ2) is 17.3. The summed E-state index contributed by atoms with van der Waals surface area (Å²) in [6.45, 7) is 0. The fourth-order valence-corrected chi connectivity index (χ4v) is 10.0. The SMILES string of the molecule is O=C(Oc1ccc(C2(c3ccc(O)cc3)c3ccccc3C(=O)N2c2ccccc2)cc1)c1ccc(C(=O)Oc2ccc(C3(c4ccc(O)cc4)c4ccccc4C(=O)N3c3ccccc3)cc2)cc1. The van der Waals surface area contributed by atoms with Crippen molar-refractivity contribution in [1.29, 1.82) is 0 Å². The lowest BCUT2D eigenvalue weighted by molar-refractivity contribution is 0.0720. The normalized spacial score (nSPS) is 16.9. The number of benzene rings is 9. The molecule has 2 aliphatic heterocycles. The molecule has 0 fully saturated rings. The van der Waals surface area contributed by atoms with Crippen molar-refractivity contribution in [2.45, 2.75) is 11.1 Å². The van der Waals surface area contributed by atoms with E-state index in [4.69, 9.17) is 9.47 Å². The maximum atomic E-state index is 14.3. The molecule has 2 amide bonds. The number of esters is 2. The van der Waals surface area contributed by atoms with Crippen LogP contribution in [0.5, 0.6) is 23.0 Å². The first-order valence-electron chi connectivity index (χ1n) is 22.5. The summed E-state index contributed by atoms with van der Waals surface area (Å²) in [6.07, 6.45) is 0. The van der Waals surface area contributed by atoms with Gasteiger partial charge in [-0.05, 0) is 143 Å². The van der Waals surface area contributed by atoms with E-state index in [0.717, 1.165) is 33.4 Å². The highest BCUT2D eigenvalue weighted by Gasteiger charge is 2.54. The van der Waals surface area contributed by atoms with Gasteiger partial charge in [-0.1, -0.05) is 121 Å². The Hall–Kier alpha value is -9.54. The molecule has 0 spiro atoms. The van der Waals surface area contributed by atoms with E-state index in [0.29, 0.717) is 22.5 Å². The third kappa shape index (κ3) is 6.97. The van der Waals surface area contributed by atoms with Gasteiger partial charge in [0, 0.05) is 22.5 Å². The number of fused-ring (bicyclic) bond motifs is 2. The first kappa shape index (κ1) is 43.1. The van der Waals surface area contributed by atoms with E-state index in [1.807, 2.05) is 133 Å². The molecule has 70 heavy (non-hydrogen) atoms. The van der Waals surface area contributed by atoms with Crippen molar-refractivity contribution in [1.82, 2.24) is 0 Å². The number of carbonyl (C=O) groups is 4. The van der Waals surface area contributed by atoms with Crippen LogP contribution < -0.4 is 19.3 Å². The molecule has 0 aliphatic carbocycles. The minimum atomic E-state index is -1.14. The quantitative estimate of drug-likeness (QED) is 0.102. The zero-order valence-electron chi connectivity index (χ0n) is 37.2. The number of ether oxygens (including phenoxy) is 2. The number of amides is 2. The van der Waals surface area contributed by atoms with Gasteiger partial charge in [-0.2, -0.15) is 0 Å². The van der Waals surface area contributed by atoms with Crippen LogP contribution in [0.25, 0.3) is 0 Å². The van der Waals surface area contributed by atoms with Gasteiger partial charge in [-0.15, -0.1) is 0 Å². The van der Waals surface area contributed by atoms with E-state index in [-0.39, 0.29) is 45.9 Å². The van der Waals surface area contributed by atoms with E-state index >= 15 is 0 Å². The van der Waals surface area contributed by atoms with Gasteiger partial charge in [0.25, 0.3) is 11.8 Å².